The molecule has 4 heteroatoms. The van der Waals surface area contributed by atoms with Gasteiger partial charge in [0.1, 0.15) is 0 Å². The fraction of sp³-hybridized carbons (Fsp3) is 0.391. The van der Waals surface area contributed by atoms with Crippen LogP contribution in [0.5, 0.6) is 0 Å². The maximum Gasteiger partial charge on any atom is 0.257 e. The van der Waals surface area contributed by atoms with E-state index in [2.05, 4.69) is 34.5 Å². The summed E-state index contributed by atoms with van der Waals surface area (Å²) in [6.07, 6.45) is 3.42. The predicted molar refractivity (Wildman–Crippen MR) is 106 cm³/mol. The fourth-order valence-corrected chi connectivity index (χ4v) is 4.69. The second-order valence-electron chi connectivity index (χ2n) is 7.61. The summed E-state index contributed by atoms with van der Waals surface area (Å²) in [5.41, 5.74) is 1.81. The number of benzene rings is 2. The average Bonchev–Trinajstić information content (AvgIpc) is 3.01. The van der Waals surface area contributed by atoms with Crippen molar-refractivity contribution in [2.45, 2.75) is 38.1 Å². The predicted octanol–water partition coefficient (Wildman–Crippen LogP) is 3.77. The lowest BCUT2D eigenvalue weighted by Crippen LogP contribution is -2.58. The summed E-state index contributed by atoms with van der Waals surface area (Å²) in [5, 5.41) is 2.95. The Bertz CT molecular complexity index is 830. The topological polar surface area (TPSA) is 49.4 Å². The fourth-order valence-electron chi connectivity index (χ4n) is 4.69. The molecule has 2 aromatic carbocycles. The molecule has 2 heterocycles. The Hall–Kier alpha value is -2.46. The van der Waals surface area contributed by atoms with Crippen LogP contribution in [0.25, 0.3) is 0 Å². The number of hydrogen-bond acceptors (Lipinski definition) is 3. The van der Waals surface area contributed by atoms with Gasteiger partial charge in [-0.05, 0) is 36.8 Å². The van der Waals surface area contributed by atoms with Crippen LogP contribution in [0.4, 0.5) is 5.69 Å². The molecule has 1 N–H and O–H groups in total. The standard InChI is InChI=1S/C23H26N2O2/c1-2-21(26)23(19-10-6-7-11-20(19)24-22(23)27)25-14-12-18(13-15-25)16-17-8-4-3-5-9-17/h3-11,18H,2,12-16H2,1H3,(H,24,27). The van der Waals surface area contributed by atoms with Crippen molar-refractivity contribution in [3.63, 3.8) is 0 Å². The van der Waals surface area contributed by atoms with E-state index in [1.54, 1.807) is 0 Å². The number of ketones is 1. The quantitative estimate of drug-likeness (QED) is 0.824. The molecule has 0 saturated carbocycles. The summed E-state index contributed by atoms with van der Waals surface area (Å²) >= 11 is 0. The molecule has 1 saturated heterocycles. The van der Waals surface area contributed by atoms with Crippen LogP contribution in [-0.2, 0) is 21.5 Å². The Morgan fingerprint density at radius 2 is 1.74 bits per heavy atom. The molecule has 0 spiro atoms. The van der Waals surface area contributed by atoms with Gasteiger partial charge in [-0.1, -0.05) is 55.5 Å². The summed E-state index contributed by atoms with van der Waals surface area (Å²) in [6, 6.07) is 18.2. The number of nitrogens with zero attached hydrogens (tertiary/aromatic N) is 1. The SMILES string of the molecule is CCC(=O)C1(N2CCC(Cc3ccccc3)CC2)C(=O)Nc2ccccc21. The third-order valence-electron chi connectivity index (χ3n) is 6.07. The van der Waals surface area contributed by atoms with Crippen LogP contribution in [0.1, 0.15) is 37.3 Å². The van der Waals surface area contributed by atoms with E-state index in [-0.39, 0.29) is 11.7 Å². The van der Waals surface area contributed by atoms with Gasteiger partial charge in [0.2, 0.25) is 0 Å². The second-order valence-corrected chi connectivity index (χ2v) is 7.61. The lowest BCUT2D eigenvalue weighted by Gasteiger charge is -2.42. The van der Waals surface area contributed by atoms with Crippen molar-refractivity contribution in [3.05, 3.63) is 65.7 Å². The van der Waals surface area contributed by atoms with E-state index < -0.39 is 5.54 Å². The number of hydrogen-bond donors (Lipinski definition) is 1. The number of anilines is 1. The van der Waals surface area contributed by atoms with Crippen LogP contribution in [0.15, 0.2) is 54.6 Å². The van der Waals surface area contributed by atoms with Gasteiger partial charge in [0, 0.05) is 30.8 Å². The largest absolute Gasteiger partial charge is 0.323 e. The molecule has 1 atom stereocenters. The number of carbonyl (C=O) groups is 2. The molecule has 1 fully saturated rings. The minimum atomic E-state index is -1.15. The smallest absolute Gasteiger partial charge is 0.257 e. The van der Waals surface area contributed by atoms with E-state index in [9.17, 15) is 9.59 Å². The van der Waals surface area contributed by atoms with Crippen molar-refractivity contribution in [2.75, 3.05) is 18.4 Å². The minimum Gasteiger partial charge on any atom is -0.323 e. The number of para-hydroxylation sites is 1. The average molecular weight is 362 g/mol. The Morgan fingerprint density at radius 3 is 2.44 bits per heavy atom. The normalized spacial score (nSPS) is 23.1. The minimum absolute atomic E-state index is 0.00791. The van der Waals surface area contributed by atoms with Crippen molar-refractivity contribution in [1.29, 1.82) is 0 Å². The zero-order chi connectivity index (χ0) is 18.9. The number of amides is 1. The molecular weight excluding hydrogens is 336 g/mol. The summed E-state index contributed by atoms with van der Waals surface area (Å²) in [7, 11) is 0. The first kappa shape index (κ1) is 17.9. The maximum atomic E-state index is 13.1. The van der Waals surface area contributed by atoms with Gasteiger partial charge >= 0.3 is 0 Å². The Balaban J connectivity index is 1.57. The van der Waals surface area contributed by atoms with Gasteiger partial charge in [-0.3, -0.25) is 14.5 Å². The molecule has 4 rings (SSSR count). The van der Waals surface area contributed by atoms with Crippen LogP contribution in [0.3, 0.4) is 0 Å². The van der Waals surface area contributed by atoms with Crippen molar-refractivity contribution >= 4 is 17.4 Å². The van der Waals surface area contributed by atoms with Gasteiger partial charge in [0.15, 0.2) is 11.3 Å². The molecule has 2 aliphatic rings. The summed E-state index contributed by atoms with van der Waals surface area (Å²) in [5.74, 6) is 0.403. The number of rotatable bonds is 5. The van der Waals surface area contributed by atoms with Crippen molar-refractivity contribution in [2.24, 2.45) is 5.92 Å². The summed E-state index contributed by atoms with van der Waals surface area (Å²) in [4.78, 5) is 28.3. The van der Waals surface area contributed by atoms with Crippen molar-refractivity contribution < 1.29 is 9.59 Å². The van der Waals surface area contributed by atoms with Gasteiger partial charge in [0.05, 0.1) is 0 Å². The van der Waals surface area contributed by atoms with Crippen LogP contribution >= 0.6 is 0 Å². The highest BCUT2D eigenvalue weighted by molar-refractivity contribution is 6.20. The van der Waals surface area contributed by atoms with Crippen LogP contribution < -0.4 is 5.32 Å². The molecular formula is C23H26N2O2. The van der Waals surface area contributed by atoms with Gasteiger partial charge in [0.25, 0.3) is 5.91 Å². The first-order chi connectivity index (χ1) is 13.2. The van der Waals surface area contributed by atoms with E-state index in [0.717, 1.165) is 43.6 Å². The molecule has 0 aliphatic carbocycles. The van der Waals surface area contributed by atoms with Crippen molar-refractivity contribution in [3.8, 4) is 0 Å². The molecule has 1 amide bonds. The van der Waals surface area contributed by atoms with Crippen LogP contribution in [0.2, 0.25) is 0 Å². The Kier molecular flexibility index (Phi) is 4.83. The molecule has 140 valence electrons. The maximum absolute atomic E-state index is 13.1. The highest BCUT2D eigenvalue weighted by Crippen LogP contribution is 2.43. The zero-order valence-corrected chi connectivity index (χ0v) is 15.8. The van der Waals surface area contributed by atoms with Gasteiger partial charge in [-0.25, -0.2) is 0 Å². The zero-order valence-electron chi connectivity index (χ0n) is 15.8. The first-order valence-corrected chi connectivity index (χ1v) is 9.89. The number of piperidine rings is 1. The summed E-state index contributed by atoms with van der Waals surface area (Å²) < 4.78 is 0. The third kappa shape index (κ3) is 2.98. The molecule has 2 aliphatic heterocycles. The number of Topliss-reactive ketones (excluding diaryl/α,β-unsaturated/α-hetero) is 1. The van der Waals surface area contributed by atoms with E-state index in [1.807, 2.05) is 37.3 Å². The molecule has 4 nitrogen and oxygen atoms in total. The Labute approximate surface area is 160 Å². The van der Waals surface area contributed by atoms with Gasteiger partial charge < -0.3 is 5.32 Å². The lowest BCUT2D eigenvalue weighted by atomic mass is 9.80. The van der Waals surface area contributed by atoms with Gasteiger partial charge in [-0.2, -0.15) is 0 Å². The van der Waals surface area contributed by atoms with Crippen molar-refractivity contribution in [1.82, 2.24) is 4.90 Å². The molecule has 0 bridgehead atoms. The first-order valence-electron chi connectivity index (χ1n) is 9.89. The van der Waals surface area contributed by atoms with Crippen LogP contribution in [-0.4, -0.2) is 29.7 Å². The highest BCUT2D eigenvalue weighted by Gasteiger charge is 2.56. The second kappa shape index (κ2) is 7.28. The third-order valence-corrected chi connectivity index (χ3v) is 6.07. The molecule has 2 aromatic rings. The number of likely N-dealkylation sites (tertiary alicyclic amines) is 1. The lowest BCUT2D eigenvalue weighted by molar-refractivity contribution is -0.143. The van der Waals surface area contributed by atoms with E-state index in [1.165, 1.54) is 5.56 Å². The molecule has 0 radical (unpaired) electrons. The monoisotopic (exact) mass is 362 g/mol. The van der Waals surface area contributed by atoms with Crippen LogP contribution in [0, 0.1) is 5.92 Å². The molecule has 0 aromatic heterocycles. The van der Waals surface area contributed by atoms with E-state index in [4.69, 9.17) is 0 Å². The number of nitrogens with one attached hydrogen (secondary N) is 1. The van der Waals surface area contributed by atoms with E-state index in [0.29, 0.717) is 12.3 Å². The number of carbonyl (C=O) groups excluding carboxylic acids is 2. The molecule has 27 heavy (non-hydrogen) atoms. The molecule has 1 unspecified atom stereocenters. The summed E-state index contributed by atoms with van der Waals surface area (Å²) in [6.45, 7) is 3.39. The van der Waals surface area contributed by atoms with Gasteiger partial charge in [-0.15, -0.1) is 0 Å². The van der Waals surface area contributed by atoms with E-state index >= 15 is 0 Å². The Morgan fingerprint density at radius 1 is 1.07 bits per heavy atom. The highest BCUT2D eigenvalue weighted by atomic mass is 16.2. The number of fused-ring (bicyclic) bond motifs is 1.